The molecule has 0 unspecified atom stereocenters. The first kappa shape index (κ1) is 20.4. The molecule has 2 rings (SSSR count). The van der Waals surface area contributed by atoms with E-state index in [1.165, 1.54) is 24.3 Å². The molecule has 0 aliphatic rings. The fourth-order valence-electron chi connectivity index (χ4n) is 2.37. The van der Waals surface area contributed by atoms with E-state index in [0.29, 0.717) is 17.0 Å². The van der Waals surface area contributed by atoms with Gasteiger partial charge in [0.25, 0.3) is 0 Å². The van der Waals surface area contributed by atoms with Crippen molar-refractivity contribution >= 4 is 27.5 Å². The summed E-state index contributed by atoms with van der Waals surface area (Å²) in [6.45, 7) is 3.13. The number of ketones is 1. The van der Waals surface area contributed by atoms with Crippen molar-refractivity contribution in [2.75, 3.05) is 24.2 Å². The molecule has 2 aromatic rings. The van der Waals surface area contributed by atoms with E-state index in [4.69, 9.17) is 9.47 Å². The maximum Gasteiger partial charge on any atom is 0.344 e. The summed E-state index contributed by atoms with van der Waals surface area (Å²) in [4.78, 5) is 23.8. The zero-order chi connectivity index (χ0) is 20.0. The molecule has 0 saturated heterocycles. The Labute approximate surface area is 158 Å². The largest absolute Gasteiger partial charge is 0.482 e. The number of ether oxygens (including phenoxy) is 2. The van der Waals surface area contributed by atoms with Gasteiger partial charge >= 0.3 is 5.97 Å². The topological polar surface area (TPSA) is 98.8 Å². The van der Waals surface area contributed by atoms with Crippen LogP contribution in [0.15, 0.2) is 42.5 Å². The number of benzene rings is 2. The smallest absolute Gasteiger partial charge is 0.344 e. The summed E-state index contributed by atoms with van der Waals surface area (Å²) < 4.78 is 34.9. The lowest BCUT2D eigenvalue weighted by atomic mass is 10.1. The van der Waals surface area contributed by atoms with Crippen LogP contribution in [0.2, 0.25) is 0 Å². The van der Waals surface area contributed by atoms with Gasteiger partial charge < -0.3 is 9.47 Å². The minimum Gasteiger partial charge on any atom is -0.482 e. The Bertz CT molecular complexity index is 915. The summed E-state index contributed by atoms with van der Waals surface area (Å²) in [5, 5.41) is 0. The van der Waals surface area contributed by atoms with Gasteiger partial charge in [0.2, 0.25) is 10.0 Å². The van der Waals surface area contributed by atoms with Gasteiger partial charge in [-0.1, -0.05) is 6.07 Å². The van der Waals surface area contributed by atoms with E-state index >= 15 is 0 Å². The molecule has 7 nitrogen and oxygen atoms in total. The van der Waals surface area contributed by atoms with E-state index in [-0.39, 0.29) is 6.61 Å². The van der Waals surface area contributed by atoms with E-state index < -0.39 is 28.4 Å². The standard InChI is InChI=1S/C19H21NO6S/c1-13-8-14(2)10-17(9-13)25-12-19(22)26-11-18(21)15-4-6-16(7-5-15)20-27(3,23)24/h4-10,20H,11-12H2,1-3H3. The maximum atomic E-state index is 12.1. The minimum absolute atomic E-state index is 0.298. The second kappa shape index (κ2) is 8.68. The highest BCUT2D eigenvalue weighted by molar-refractivity contribution is 7.92. The number of sulfonamides is 1. The SMILES string of the molecule is Cc1cc(C)cc(OCC(=O)OCC(=O)c2ccc(NS(C)(=O)=O)cc2)c1. The number of nitrogens with one attached hydrogen (secondary N) is 1. The second-order valence-corrected chi connectivity index (χ2v) is 7.90. The van der Waals surface area contributed by atoms with Gasteiger partial charge in [-0.3, -0.25) is 9.52 Å². The first-order valence-corrected chi connectivity index (χ1v) is 9.99. The van der Waals surface area contributed by atoms with Gasteiger partial charge in [0.05, 0.1) is 6.26 Å². The highest BCUT2D eigenvalue weighted by Gasteiger charge is 2.11. The van der Waals surface area contributed by atoms with Crippen LogP contribution in [-0.2, 0) is 19.6 Å². The van der Waals surface area contributed by atoms with Gasteiger partial charge in [-0.15, -0.1) is 0 Å². The van der Waals surface area contributed by atoms with Crippen molar-refractivity contribution in [3.05, 3.63) is 59.2 Å². The number of rotatable bonds is 8. The molecule has 8 heteroatoms. The van der Waals surface area contributed by atoms with Crippen LogP contribution in [-0.4, -0.2) is 39.6 Å². The normalized spacial score (nSPS) is 10.9. The number of esters is 1. The molecule has 2 aromatic carbocycles. The number of Topliss-reactive ketones (excluding diaryl/α,β-unsaturated/α-hetero) is 1. The first-order valence-electron chi connectivity index (χ1n) is 8.10. The Kier molecular flexibility index (Phi) is 6.57. The molecule has 27 heavy (non-hydrogen) atoms. The first-order chi connectivity index (χ1) is 12.6. The Hall–Kier alpha value is -2.87. The molecule has 0 bridgehead atoms. The van der Waals surface area contributed by atoms with Crippen molar-refractivity contribution in [1.29, 1.82) is 0 Å². The molecule has 0 spiro atoms. The summed E-state index contributed by atoms with van der Waals surface area (Å²) >= 11 is 0. The van der Waals surface area contributed by atoms with Gasteiger partial charge in [-0.05, 0) is 61.4 Å². The van der Waals surface area contributed by atoms with E-state index in [2.05, 4.69) is 4.72 Å². The third kappa shape index (κ3) is 7.10. The molecular formula is C19H21NO6S. The Morgan fingerprint density at radius 3 is 2.11 bits per heavy atom. The minimum atomic E-state index is -3.38. The molecule has 0 atom stereocenters. The highest BCUT2D eigenvalue weighted by atomic mass is 32.2. The third-order valence-corrected chi connectivity index (χ3v) is 4.03. The average molecular weight is 391 g/mol. The Morgan fingerprint density at radius 2 is 1.56 bits per heavy atom. The van der Waals surface area contributed by atoms with Crippen LogP contribution in [0, 0.1) is 13.8 Å². The zero-order valence-electron chi connectivity index (χ0n) is 15.3. The fourth-order valence-corrected chi connectivity index (χ4v) is 2.93. The molecule has 0 amide bonds. The van der Waals surface area contributed by atoms with Gasteiger partial charge in [0, 0.05) is 11.3 Å². The van der Waals surface area contributed by atoms with Crippen LogP contribution in [0.3, 0.4) is 0 Å². The van der Waals surface area contributed by atoms with Crippen molar-refractivity contribution in [2.45, 2.75) is 13.8 Å². The molecule has 0 heterocycles. The monoisotopic (exact) mass is 391 g/mol. The molecule has 1 N–H and O–H groups in total. The third-order valence-electron chi connectivity index (χ3n) is 3.43. The van der Waals surface area contributed by atoms with E-state index in [1.807, 2.05) is 19.9 Å². The van der Waals surface area contributed by atoms with Crippen LogP contribution in [0.25, 0.3) is 0 Å². The lowest BCUT2D eigenvalue weighted by molar-refractivity contribution is -0.144. The summed E-state index contributed by atoms with van der Waals surface area (Å²) in [6, 6.07) is 11.4. The molecule has 144 valence electrons. The van der Waals surface area contributed by atoms with Crippen LogP contribution in [0.4, 0.5) is 5.69 Å². The molecule has 0 saturated carbocycles. The van der Waals surface area contributed by atoms with Gasteiger partial charge in [-0.2, -0.15) is 0 Å². The van der Waals surface area contributed by atoms with Crippen LogP contribution in [0.1, 0.15) is 21.5 Å². The average Bonchev–Trinajstić information content (AvgIpc) is 2.56. The molecule has 0 aromatic heterocycles. The van der Waals surface area contributed by atoms with Crippen LogP contribution < -0.4 is 9.46 Å². The van der Waals surface area contributed by atoms with Gasteiger partial charge in [0.15, 0.2) is 19.0 Å². The second-order valence-electron chi connectivity index (χ2n) is 6.15. The molecule has 0 radical (unpaired) electrons. The quantitative estimate of drug-likeness (QED) is 0.548. The van der Waals surface area contributed by atoms with Crippen molar-refractivity contribution in [3.63, 3.8) is 0 Å². The molecule has 0 aliphatic carbocycles. The number of carbonyl (C=O) groups excluding carboxylic acids is 2. The number of hydrogen-bond donors (Lipinski definition) is 1. The zero-order valence-corrected chi connectivity index (χ0v) is 16.1. The van der Waals surface area contributed by atoms with Crippen molar-refractivity contribution in [3.8, 4) is 5.75 Å². The van der Waals surface area contributed by atoms with Crippen molar-refractivity contribution in [1.82, 2.24) is 0 Å². The Balaban J connectivity index is 1.83. The maximum absolute atomic E-state index is 12.1. The van der Waals surface area contributed by atoms with Crippen LogP contribution in [0.5, 0.6) is 5.75 Å². The van der Waals surface area contributed by atoms with Crippen LogP contribution >= 0.6 is 0 Å². The molecule has 0 fully saturated rings. The lowest BCUT2D eigenvalue weighted by Crippen LogP contribution is -2.19. The number of anilines is 1. The summed E-state index contributed by atoms with van der Waals surface area (Å²) in [7, 11) is -3.38. The van der Waals surface area contributed by atoms with E-state index in [0.717, 1.165) is 17.4 Å². The van der Waals surface area contributed by atoms with Gasteiger partial charge in [-0.25, -0.2) is 13.2 Å². The predicted octanol–water partition coefficient (Wildman–Crippen LogP) is 2.48. The summed E-state index contributed by atoms with van der Waals surface area (Å²) in [6.07, 6.45) is 1.03. The van der Waals surface area contributed by atoms with Gasteiger partial charge in [0.1, 0.15) is 5.75 Å². The van der Waals surface area contributed by atoms with Crippen molar-refractivity contribution in [2.24, 2.45) is 0 Å². The summed E-state index contributed by atoms with van der Waals surface area (Å²) in [5.74, 6) is -0.497. The molecule has 0 aliphatic heterocycles. The molecular weight excluding hydrogens is 370 g/mol. The van der Waals surface area contributed by atoms with Crippen molar-refractivity contribution < 1.29 is 27.5 Å². The highest BCUT2D eigenvalue weighted by Crippen LogP contribution is 2.16. The predicted molar refractivity (Wildman–Crippen MR) is 102 cm³/mol. The van der Waals surface area contributed by atoms with E-state index in [1.54, 1.807) is 12.1 Å². The summed E-state index contributed by atoms with van der Waals surface area (Å²) in [5.41, 5.74) is 2.68. The number of carbonyl (C=O) groups is 2. The number of aryl methyl sites for hydroxylation is 2. The lowest BCUT2D eigenvalue weighted by Gasteiger charge is -2.09. The Morgan fingerprint density at radius 1 is 0.963 bits per heavy atom. The number of hydrogen-bond acceptors (Lipinski definition) is 6. The fraction of sp³-hybridized carbons (Fsp3) is 0.263. The van der Waals surface area contributed by atoms with E-state index in [9.17, 15) is 18.0 Å².